The molecule has 0 aliphatic heterocycles. The number of nitrogens with zero attached hydrogens (tertiary/aromatic N) is 4. The Balaban J connectivity index is 0.00000104. The Kier molecular flexibility index (Phi) is 3.64. The van der Waals surface area contributed by atoms with Crippen LogP contribution in [0.15, 0.2) is 97.6 Å². The minimum Gasteiger partial charge on any atom is -0.308 e. The number of fused-ring (bicyclic) bond motifs is 13. The van der Waals surface area contributed by atoms with Crippen LogP contribution in [-0.4, -0.2) is 18.8 Å². The maximum Gasteiger partial charge on any atom is 0.0725 e. The highest BCUT2D eigenvalue weighted by molar-refractivity contribution is 6.38. The zero-order valence-corrected chi connectivity index (χ0v) is 21.0. The van der Waals surface area contributed by atoms with Gasteiger partial charge in [-0.3, -0.25) is 9.97 Å². The smallest absolute Gasteiger partial charge is 0.0725 e. The van der Waals surface area contributed by atoms with E-state index in [9.17, 15) is 0 Å². The molecule has 4 nitrogen and oxygen atoms in total. The van der Waals surface area contributed by atoms with Gasteiger partial charge in [0, 0.05) is 55.5 Å². The van der Waals surface area contributed by atoms with Crippen molar-refractivity contribution in [3.63, 3.8) is 0 Å². The third-order valence-corrected chi connectivity index (χ3v) is 8.33. The average Bonchev–Trinajstić information content (AvgIpc) is 3.62. The summed E-state index contributed by atoms with van der Waals surface area (Å²) in [6.07, 6.45) is 7.79. The predicted molar refractivity (Wildman–Crippen MR) is 160 cm³/mol. The Labute approximate surface area is 217 Å². The van der Waals surface area contributed by atoms with Crippen LogP contribution in [0.1, 0.15) is 13.8 Å². The van der Waals surface area contributed by atoms with E-state index in [1.54, 1.807) is 0 Å². The fraction of sp³-hybridized carbons (Fsp3) is 0.0588. The Morgan fingerprint density at radius 2 is 1.16 bits per heavy atom. The monoisotopic (exact) mass is 486 g/mol. The Hall–Kier alpha value is -4.96. The molecule has 10 aromatic rings. The second kappa shape index (κ2) is 6.87. The molecular formula is C34H22N4. The first kappa shape index (κ1) is 20.1. The topological polar surface area (TPSA) is 34.6 Å². The summed E-state index contributed by atoms with van der Waals surface area (Å²) in [4.78, 5) is 9.01. The molecule has 178 valence electrons. The third kappa shape index (κ3) is 2.12. The van der Waals surface area contributed by atoms with E-state index >= 15 is 0 Å². The lowest BCUT2D eigenvalue weighted by molar-refractivity contribution is 1.27. The van der Waals surface area contributed by atoms with Crippen molar-refractivity contribution in [2.24, 2.45) is 0 Å². The number of benzene rings is 4. The lowest BCUT2D eigenvalue weighted by Crippen LogP contribution is -1.93. The van der Waals surface area contributed by atoms with Gasteiger partial charge in [-0.25, -0.2) is 0 Å². The summed E-state index contributed by atoms with van der Waals surface area (Å²) in [5.41, 5.74) is 7.31. The first-order chi connectivity index (χ1) is 18.9. The number of rotatable bonds is 0. The SMILES string of the molecule is CC.c1cc2ccc3c4ccccc4n4c5cc6c7ccncc7n7c8cnccc8c(c5c(c1)c2c34)c67. The van der Waals surface area contributed by atoms with E-state index in [0.717, 1.165) is 11.0 Å². The van der Waals surface area contributed by atoms with E-state index in [4.69, 9.17) is 0 Å². The molecule has 0 fully saturated rings. The highest BCUT2D eigenvalue weighted by Gasteiger charge is 2.24. The van der Waals surface area contributed by atoms with Crippen LogP contribution in [0, 0.1) is 0 Å². The maximum atomic E-state index is 4.52. The van der Waals surface area contributed by atoms with Crippen molar-refractivity contribution in [3.05, 3.63) is 97.6 Å². The molecule has 0 N–H and O–H groups in total. The van der Waals surface area contributed by atoms with E-state index < -0.39 is 0 Å². The molecule has 0 bridgehead atoms. The summed E-state index contributed by atoms with van der Waals surface area (Å²) in [6.45, 7) is 4.00. The number of hydrogen-bond acceptors (Lipinski definition) is 2. The first-order valence-electron chi connectivity index (χ1n) is 13.3. The molecule has 0 unspecified atom stereocenters. The van der Waals surface area contributed by atoms with Crippen LogP contribution in [0.25, 0.3) is 87.0 Å². The molecule has 4 heteroatoms. The minimum atomic E-state index is 1.13. The van der Waals surface area contributed by atoms with Gasteiger partial charge >= 0.3 is 0 Å². The Morgan fingerprint density at radius 3 is 2.03 bits per heavy atom. The molecule has 10 rings (SSSR count). The van der Waals surface area contributed by atoms with E-state index in [0.29, 0.717) is 0 Å². The van der Waals surface area contributed by atoms with Crippen molar-refractivity contribution in [2.45, 2.75) is 13.8 Å². The van der Waals surface area contributed by atoms with E-state index in [1.807, 2.05) is 38.6 Å². The molecule has 6 aromatic heterocycles. The van der Waals surface area contributed by atoms with Gasteiger partial charge in [0.25, 0.3) is 0 Å². The quantitative estimate of drug-likeness (QED) is 0.158. The summed E-state index contributed by atoms with van der Waals surface area (Å²) >= 11 is 0. The molecule has 0 atom stereocenters. The zero-order chi connectivity index (χ0) is 25.1. The van der Waals surface area contributed by atoms with Gasteiger partial charge in [0.1, 0.15) is 0 Å². The highest BCUT2D eigenvalue weighted by atomic mass is 14.9. The van der Waals surface area contributed by atoms with Crippen LogP contribution in [-0.2, 0) is 0 Å². The molecule has 0 amide bonds. The van der Waals surface area contributed by atoms with Crippen molar-refractivity contribution in [3.8, 4) is 0 Å². The fourth-order valence-corrected chi connectivity index (χ4v) is 7.03. The molecule has 0 saturated heterocycles. The number of para-hydroxylation sites is 1. The Bertz CT molecular complexity index is 2530. The molecular weight excluding hydrogens is 464 g/mol. The molecule has 6 heterocycles. The van der Waals surface area contributed by atoms with Crippen LogP contribution in [0.3, 0.4) is 0 Å². The fourth-order valence-electron chi connectivity index (χ4n) is 7.03. The third-order valence-electron chi connectivity index (χ3n) is 8.33. The van der Waals surface area contributed by atoms with Gasteiger partial charge in [-0.1, -0.05) is 62.4 Å². The Morgan fingerprint density at radius 1 is 0.474 bits per heavy atom. The second-order valence-electron chi connectivity index (χ2n) is 9.88. The first-order valence-corrected chi connectivity index (χ1v) is 13.3. The van der Waals surface area contributed by atoms with Crippen molar-refractivity contribution in [1.29, 1.82) is 0 Å². The number of pyridine rings is 3. The van der Waals surface area contributed by atoms with Crippen LogP contribution in [0.2, 0.25) is 0 Å². The lowest BCUT2D eigenvalue weighted by Gasteiger charge is -2.14. The number of hydrogen-bond donors (Lipinski definition) is 0. The summed E-state index contributed by atoms with van der Waals surface area (Å²) in [5, 5.41) is 12.8. The van der Waals surface area contributed by atoms with E-state index in [2.05, 4.69) is 91.6 Å². The van der Waals surface area contributed by atoms with Crippen molar-refractivity contribution < 1.29 is 0 Å². The molecule has 38 heavy (non-hydrogen) atoms. The highest BCUT2D eigenvalue weighted by Crippen LogP contribution is 2.48. The van der Waals surface area contributed by atoms with E-state index in [-0.39, 0.29) is 0 Å². The molecule has 4 aromatic carbocycles. The molecule has 0 spiro atoms. The standard InChI is InChI=1S/C32H16N4.C2H6/c1-2-7-24-18(5-1)20-9-8-17-4-3-6-22-28(17)31(20)35(24)25-14-23-19-10-12-33-15-26(19)36-27-16-34-13-11-21(27)30(29(22)25)32(23)36;1-2/h1-16H;1-2H3. The van der Waals surface area contributed by atoms with Gasteiger partial charge < -0.3 is 8.80 Å². The van der Waals surface area contributed by atoms with Crippen LogP contribution < -0.4 is 0 Å². The van der Waals surface area contributed by atoms with Crippen LogP contribution >= 0.6 is 0 Å². The van der Waals surface area contributed by atoms with Gasteiger partial charge in [-0.2, -0.15) is 0 Å². The summed E-state index contributed by atoms with van der Waals surface area (Å²) in [5.74, 6) is 0. The van der Waals surface area contributed by atoms with E-state index in [1.165, 1.54) is 75.9 Å². The van der Waals surface area contributed by atoms with Crippen LogP contribution in [0.5, 0.6) is 0 Å². The maximum absolute atomic E-state index is 4.52. The van der Waals surface area contributed by atoms with Gasteiger partial charge in [0.05, 0.1) is 45.5 Å². The average molecular weight is 487 g/mol. The van der Waals surface area contributed by atoms with Gasteiger partial charge in [-0.15, -0.1) is 0 Å². The summed E-state index contributed by atoms with van der Waals surface area (Å²) in [6, 6.07) is 26.8. The van der Waals surface area contributed by atoms with Gasteiger partial charge in [0.2, 0.25) is 0 Å². The number of aromatic nitrogens is 4. The van der Waals surface area contributed by atoms with Crippen molar-refractivity contribution in [1.82, 2.24) is 18.8 Å². The summed E-state index contributed by atoms with van der Waals surface area (Å²) in [7, 11) is 0. The predicted octanol–water partition coefficient (Wildman–Crippen LogP) is 8.96. The second-order valence-corrected chi connectivity index (χ2v) is 9.88. The molecule has 0 aliphatic rings. The lowest BCUT2D eigenvalue weighted by atomic mass is 9.95. The van der Waals surface area contributed by atoms with Gasteiger partial charge in [-0.05, 0) is 35.0 Å². The normalized spacial score (nSPS) is 12.5. The van der Waals surface area contributed by atoms with Crippen LogP contribution in [0.4, 0.5) is 0 Å². The van der Waals surface area contributed by atoms with Crippen molar-refractivity contribution in [2.75, 3.05) is 0 Å². The minimum absolute atomic E-state index is 1.13. The largest absolute Gasteiger partial charge is 0.308 e. The summed E-state index contributed by atoms with van der Waals surface area (Å²) < 4.78 is 4.87. The molecule has 0 saturated carbocycles. The van der Waals surface area contributed by atoms with Gasteiger partial charge in [0.15, 0.2) is 0 Å². The zero-order valence-electron chi connectivity index (χ0n) is 21.0. The van der Waals surface area contributed by atoms with Crippen molar-refractivity contribution >= 4 is 87.0 Å². The molecule has 0 radical (unpaired) electrons. The molecule has 0 aliphatic carbocycles.